The van der Waals surface area contributed by atoms with Crippen molar-refractivity contribution in [3.05, 3.63) is 94.3 Å². The van der Waals surface area contributed by atoms with E-state index in [1.807, 2.05) is 25.1 Å². The molecule has 3 aromatic rings. The molecule has 1 amide bonds. The molecule has 1 aliphatic heterocycles. The van der Waals surface area contributed by atoms with Crippen LogP contribution in [-0.4, -0.2) is 47.2 Å². The number of fused-ring (bicyclic) bond motifs is 1. The molecule has 0 bridgehead atoms. The van der Waals surface area contributed by atoms with E-state index in [1.54, 1.807) is 36.4 Å². The summed E-state index contributed by atoms with van der Waals surface area (Å²) in [6.07, 6.45) is 0.977. The summed E-state index contributed by atoms with van der Waals surface area (Å²) in [7, 11) is 0. The molecule has 0 radical (unpaired) electrons. The number of rotatable bonds is 9. The van der Waals surface area contributed by atoms with E-state index >= 15 is 0 Å². The van der Waals surface area contributed by atoms with Gasteiger partial charge < -0.3 is 19.5 Å². The average Bonchev–Trinajstić information content (AvgIpc) is 3.15. The zero-order chi connectivity index (χ0) is 25.0. The highest BCUT2D eigenvalue weighted by molar-refractivity contribution is 6.30. The number of carbonyl (C=O) groups is 2. The Morgan fingerprint density at radius 1 is 1.14 bits per heavy atom. The summed E-state index contributed by atoms with van der Waals surface area (Å²) in [5.41, 5.74) is 1.34. The van der Waals surface area contributed by atoms with Crippen LogP contribution in [0.15, 0.2) is 66.7 Å². The highest BCUT2D eigenvalue weighted by Crippen LogP contribution is 2.38. The maximum absolute atomic E-state index is 13.9. The van der Waals surface area contributed by atoms with Gasteiger partial charge in [0.05, 0.1) is 11.6 Å². The van der Waals surface area contributed by atoms with Crippen LogP contribution < -0.4 is 9.47 Å². The van der Waals surface area contributed by atoms with Crippen molar-refractivity contribution in [1.29, 1.82) is 0 Å². The summed E-state index contributed by atoms with van der Waals surface area (Å²) in [5.74, 6) is -0.697. The zero-order valence-electron chi connectivity index (χ0n) is 19.2. The number of hydrogen-bond donors (Lipinski definition) is 1. The molecule has 4 rings (SSSR count). The first-order valence-corrected chi connectivity index (χ1v) is 11.5. The standard InChI is InChI=1S/C27H25ClFNO5/c1-27(15-18-7-9-22(28)23(29)13-18)16-20-14-19(8-10-24(20)35-27)26(33)30(17-25(31)32)11-12-34-21-5-3-2-4-6-21/h2-10,13-14H,11-12,15-17H2,1H3,(H,31,32)/t27-/m0/s1. The number of hydrogen-bond acceptors (Lipinski definition) is 4. The molecular formula is C27H25ClFNO5. The summed E-state index contributed by atoms with van der Waals surface area (Å²) in [6, 6.07) is 18.9. The van der Waals surface area contributed by atoms with Gasteiger partial charge in [0, 0.05) is 18.4 Å². The second-order valence-electron chi connectivity index (χ2n) is 8.76. The van der Waals surface area contributed by atoms with Gasteiger partial charge >= 0.3 is 5.97 Å². The molecule has 1 N–H and O–H groups in total. The van der Waals surface area contributed by atoms with E-state index in [-0.39, 0.29) is 18.2 Å². The predicted molar refractivity (Wildman–Crippen MR) is 130 cm³/mol. The zero-order valence-corrected chi connectivity index (χ0v) is 19.9. The fraction of sp³-hybridized carbons (Fsp3) is 0.259. The molecule has 8 heteroatoms. The molecule has 1 aliphatic rings. The third kappa shape index (κ3) is 6.11. The molecule has 0 aromatic heterocycles. The monoisotopic (exact) mass is 497 g/mol. The molecule has 35 heavy (non-hydrogen) atoms. The number of carboxylic acids is 1. The fourth-order valence-corrected chi connectivity index (χ4v) is 4.34. The van der Waals surface area contributed by atoms with Crippen LogP contribution in [-0.2, 0) is 17.6 Å². The van der Waals surface area contributed by atoms with Crippen molar-refractivity contribution in [3.63, 3.8) is 0 Å². The first-order chi connectivity index (χ1) is 16.7. The largest absolute Gasteiger partial charge is 0.492 e. The molecule has 3 aromatic carbocycles. The van der Waals surface area contributed by atoms with Crippen LogP contribution in [0.1, 0.15) is 28.4 Å². The lowest BCUT2D eigenvalue weighted by molar-refractivity contribution is -0.137. The van der Waals surface area contributed by atoms with Crippen molar-refractivity contribution < 1.29 is 28.6 Å². The van der Waals surface area contributed by atoms with Crippen molar-refractivity contribution in [2.45, 2.75) is 25.4 Å². The van der Waals surface area contributed by atoms with Crippen LogP contribution in [0.25, 0.3) is 0 Å². The van der Waals surface area contributed by atoms with Gasteiger partial charge in [-0.05, 0) is 60.5 Å². The number of halogens is 2. The fourth-order valence-electron chi connectivity index (χ4n) is 4.22. The molecule has 0 aliphatic carbocycles. The number of para-hydroxylation sites is 1. The van der Waals surface area contributed by atoms with E-state index in [2.05, 4.69) is 0 Å². The van der Waals surface area contributed by atoms with Gasteiger partial charge in [0.15, 0.2) is 0 Å². The number of nitrogens with zero attached hydrogens (tertiary/aromatic N) is 1. The van der Waals surface area contributed by atoms with Crippen LogP contribution in [0.5, 0.6) is 11.5 Å². The van der Waals surface area contributed by atoms with E-state index in [0.29, 0.717) is 29.9 Å². The second kappa shape index (κ2) is 10.4. The van der Waals surface area contributed by atoms with Crippen molar-refractivity contribution in [2.75, 3.05) is 19.7 Å². The Morgan fingerprint density at radius 3 is 2.63 bits per heavy atom. The summed E-state index contributed by atoms with van der Waals surface area (Å²) in [6.45, 7) is 1.77. The van der Waals surface area contributed by atoms with Crippen LogP contribution >= 0.6 is 11.6 Å². The third-order valence-corrected chi connectivity index (χ3v) is 6.08. The lowest BCUT2D eigenvalue weighted by atomic mass is 9.91. The number of amides is 1. The van der Waals surface area contributed by atoms with Crippen LogP contribution in [0, 0.1) is 5.82 Å². The average molecular weight is 498 g/mol. The lowest BCUT2D eigenvalue weighted by Crippen LogP contribution is -2.38. The topological polar surface area (TPSA) is 76.1 Å². The number of carboxylic acid groups (broad SMARTS) is 1. The minimum absolute atomic E-state index is 0.0674. The van der Waals surface area contributed by atoms with Crippen LogP contribution in [0.2, 0.25) is 5.02 Å². The molecule has 182 valence electrons. The van der Waals surface area contributed by atoms with E-state index in [0.717, 1.165) is 11.1 Å². The Hall–Kier alpha value is -3.58. The Labute approximate surface area is 207 Å². The molecule has 1 heterocycles. The summed E-state index contributed by atoms with van der Waals surface area (Å²) < 4.78 is 25.7. The molecule has 0 fully saturated rings. The Balaban J connectivity index is 1.45. The highest BCUT2D eigenvalue weighted by Gasteiger charge is 2.36. The Bertz CT molecular complexity index is 1240. The second-order valence-corrected chi connectivity index (χ2v) is 9.17. The van der Waals surface area contributed by atoms with Crippen LogP contribution in [0.3, 0.4) is 0 Å². The number of aliphatic carboxylic acids is 1. The number of carbonyl (C=O) groups excluding carboxylic acids is 1. The molecule has 0 saturated carbocycles. The minimum atomic E-state index is -1.11. The SMILES string of the molecule is C[C@]1(Cc2ccc(Cl)c(F)c2)Cc2cc(C(=O)N(CCOc3ccccc3)CC(=O)O)ccc2O1. The minimum Gasteiger partial charge on any atom is -0.492 e. The molecule has 0 spiro atoms. The maximum Gasteiger partial charge on any atom is 0.323 e. The van der Waals surface area contributed by atoms with Gasteiger partial charge in [-0.3, -0.25) is 9.59 Å². The van der Waals surface area contributed by atoms with Gasteiger partial charge in [-0.2, -0.15) is 0 Å². The number of benzene rings is 3. The van der Waals surface area contributed by atoms with Gasteiger partial charge in [-0.1, -0.05) is 35.9 Å². The van der Waals surface area contributed by atoms with Gasteiger partial charge in [0.2, 0.25) is 0 Å². The molecule has 1 atom stereocenters. The van der Waals surface area contributed by atoms with Gasteiger partial charge in [-0.25, -0.2) is 4.39 Å². The third-order valence-electron chi connectivity index (χ3n) is 5.78. The maximum atomic E-state index is 13.9. The summed E-state index contributed by atoms with van der Waals surface area (Å²) in [5, 5.41) is 9.37. The first-order valence-electron chi connectivity index (χ1n) is 11.2. The Kier molecular flexibility index (Phi) is 7.26. The van der Waals surface area contributed by atoms with Crippen molar-refractivity contribution in [2.24, 2.45) is 0 Å². The van der Waals surface area contributed by atoms with Gasteiger partial charge in [0.25, 0.3) is 5.91 Å². The highest BCUT2D eigenvalue weighted by atomic mass is 35.5. The molecular weight excluding hydrogens is 473 g/mol. The van der Waals surface area contributed by atoms with Gasteiger partial charge in [0.1, 0.15) is 36.1 Å². The van der Waals surface area contributed by atoms with Gasteiger partial charge in [-0.15, -0.1) is 0 Å². The predicted octanol–water partition coefficient (Wildman–Crippen LogP) is 5.02. The van der Waals surface area contributed by atoms with Crippen LogP contribution in [0.4, 0.5) is 4.39 Å². The molecule has 0 unspecified atom stereocenters. The lowest BCUT2D eigenvalue weighted by Gasteiger charge is -2.24. The summed E-state index contributed by atoms with van der Waals surface area (Å²) in [4.78, 5) is 25.8. The van der Waals surface area contributed by atoms with E-state index < -0.39 is 29.8 Å². The first kappa shape index (κ1) is 24.5. The normalized spacial score (nSPS) is 16.3. The smallest absolute Gasteiger partial charge is 0.323 e. The molecule has 6 nitrogen and oxygen atoms in total. The summed E-state index contributed by atoms with van der Waals surface area (Å²) >= 11 is 5.79. The molecule has 0 saturated heterocycles. The number of ether oxygens (including phenoxy) is 2. The van der Waals surface area contributed by atoms with E-state index in [4.69, 9.17) is 21.1 Å². The Morgan fingerprint density at radius 2 is 1.91 bits per heavy atom. The van der Waals surface area contributed by atoms with Crippen molar-refractivity contribution in [1.82, 2.24) is 4.90 Å². The quantitative estimate of drug-likeness (QED) is 0.449. The van der Waals surface area contributed by atoms with E-state index in [9.17, 15) is 19.1 Å². The van der Waals surface area contributed by atoms with Crippen molar-refractivity contribution in [3.8, 4) is 11.5 Å². The van der Waals surface area contributed by atoms with E-state index in [1.165, 1.54) is 17.0 Å². The van der Waals surface area contributed by atoms with Crippen molar-refractivity contribution >= 4 is 23.5 Å².